The molecule has 1 amide bonds. The van der Waals surface area contributed by atoms with Crippen LogP contribution in [-0.4, -0.2) is 43.5 Å². The van der Waals surface area contributed by atoms with Gasteiger partial charge in [0.15, 0.2) is 0 Å². The molecule has 4 heteroatoms. The zero-order valence-corrected chi connectivity index (χ0v) is 12.3. The van der Waals surface area contributed by atoms with Crippen molar-refractivity contribution in [2.75, 3.05) is 32.0 Å². The predicted molar refractivity (Wildman–Crippen MR) is 82.8 cm³/mol. The Morgan fingerprint density at radius 3 is 2.85 bits per heavy atom. The monoisotopic (exact) mass is 275 g/mol. The van der Waals surface area contributed by atoms with Crippen LogP contribution in [0.3, 0.4) is 0 Å². The van der Waals surface area contributed by atoms with E-state index in [-0.39, 0.29) is 5.91 Å². The van der Waals surface area contributed by atoms with Gasteiger partial charge in [-0.3, -0.25) is 9.69 Å². The Kier molecular flexibility index (Phi) is 6.02. The van der Waals surface area contributed by atoms with E-state index in [2.05, 4.69) is 15.5 Å². The molecule has 1 aliphatic rings. The number of nitrogens with one attached hydrogen (secondary N) is 2. The molecular weight excluding hydrogens is 250 g/mol. The second kappa shape index (κ2) is 8.02. The lowest BCUT2D eigenvalue weighted by atomic mass is 9.99. The number of hydrogen-bond donors (Lipinski definition) is 2. The van der Waals surface area contributed by atoms with Crippen LogP contribution in [0.25, 0.3) is 0 Å². The van der Waals surface area contributed by atoms with E-state index in [0.717, 1.165) is 25.2 Å². The molecule has 0 radical (unpaired) electrons. The number of likely N-dealkylation sites (tertiary alicyclic amines) is 1. The number of rotatable bonds is 6. The Morgan fingerprint density at radius 2 is 2.10 bits per heavy atom. The number of carbonyl (C=O) groups excluding carboxylic acids is 1. The van der Waals surface area contributed by atoms with Gasteiger partial charge in [-0.05, 0) is 51.5 Å². The van der Waals surface area contributed by atoms with Crippen molar-refractivity contribution in [2.45, 2.75) is 31.7 Å². The third-order valence-electron chi connectivity index (χ3n) is 3.88. The Morgan fingerprint density at radius 1 is 1.30 bits per heavy atom. The van der Waals surface area contributed by atoms with Crippen LogP contribution in [-0.2, 0) is 4.79 Å². The molecule has 4 nitrogen and oxygen atoms in total. The molecule has 2 N–H and O–H groups in total. The van der Waals surface area contributed by atoms with Crippen molar-refractivity contribution in [3.05, 3.63) is 30.3 Å². The van der Waals surface area contributed by atoms with E-state index in [1.807, 2.05) is 37.4 Å². The van der Waals surface area contributed by atoms with Crippen LogP contribution in [0.4, 0.5) is 5.69 Å². The Labute approximate surface area is 121 Å². The van der Waals surface area contributed by atoms with Crippen molar-refractivity contribution in [1.82, 2.24) is 10.2 Å². The van der Waals surface area contributed by atoms with E-state index in [0.29, 0.717) is 12.6 Å². The van der Waals surface area contributed by atoms with E-state index in [1.165, 1.54) is 19.3 Å². The molecule has 110 valence electrons. The highest BCUT2D eigenvalue weighted by Gasteiger charge is 2.23. The number of amides is 1. The summed E-state index contributed by atoms with van der Waals surface area (Å²) in [5.74, 6) is 0.0903. The first kappa shape index (κ1) is 15.0. The summed E-state index contributed by atoms with van der Waals surface area (Å²) in [5, 5.41) is 6.17. The minimum Gasteiger partial charge on any atom is -0.325 e. The first-order valence-corrected chi connectivity index (χ1v) is 7.53. The number of nitrogens with zero attached hydrogens (tertiary/aromatic N) is 1. The van der Waals surface area contributed by atoms with Gasteiger partial charge in [0, 0.05) is 11.7 Å². The topological polar surface area (TPSA) is 44.4 Å². The lowest BCUT2D eigenvalue weighted by Crippen LogP contribution is -2.44. The minimum atomic E-state index is 0.0903. The number of carbonyl (C=O) groups is 1. The summed E-state index contributed by atoms with van der Waals surface area (Å²) in [4.78, 5) is 14.5. The van der Waals surface area contributed by atoms with Gasteiger partial charge in [0.05, 0.1) is 6.54 Å². The van der Waals surface area contributed by atoms with E-state index in [1.54, 1.807) is 0 Å². The molecule has 20 heavy (non-hydrogen) atoms. The molecule has 1 fully saturated rings. The number of hydrogen-bond acceptors (Lipinski definition) is 3. The van der Waals surface area contributed by atoms with Crippen LogP contribution >= 0.6 is 0 Å². The molecule has 1 aromatic rings. The average molecular weight is 275 g/mol. The number of benzene rings is 1. The van der Waals surface area contributed by atoms with Crippen molar-refractivity contribution in [1.29, 1.82) is 0 Å². The van der Waals surface area contributed by atoms with Crippen LogP contribution in [0.5, 0.6) is 0 Å². The summed E-state index contributed by atoms with van der Waals surface area (Å²) in [7, 11) is 1.98. The standard InChI is InChI=1S/C16H25N3O/c1-17-11-10-15-9-5-6-12-19(15)13-16(20)18-14-7-3-2-4-8-14/h2-4,7-8,15,17H,5-6,9-13H2,1H3,(H,18,20). The largest absolute Gasteiger partial charge is 0.325 e. The fourth-order valence-electron chi connectivity index (χ4n) is 2.81. The number of anilines is 1. The van der Waals surface area contributed by atoms with Gasteiger partial charge >= 0.3 is 0 Å². The van der Waals surface area contributed by atoms with E-state index in [4.69, 9.17) is 0 Å². The van der Waals surface area contributed by atoms with Gasteiger partial charge in [0.2, 0.25) is 5.91 Å². The third kappa shape index (κ3) is 4.62. The first-order valence-electron chi connectivity index (χ1n) is 7.53. The van der Waals surface area contributed by atoms with E-state index >= 15 is 0 Å². The third-order valence-corrected chi connectivity index (χ3v) is 3.88. The van der Waals surface area contributed by atoms with Crippen LogP contribution in [0, 0.1) is 0 Å². The molecule has 1 heterocycles. The first-order chi connectivity index (χ1) is 9.79. The Bertz CT molecular complexity index is 407. The maximum absolute atomic E-state index is 12.1. The summed E-state index contributed by atoms with van der Waals surface area (Å²) < 4.78 is 0. The Balaban J connectivity index is 1.84. The predicted octanol–water partition coefficient (Wildman–Crippen LogP) is 2.09. The van der Waals surface area contributed by atoms with Crippen molar-refractivity contribution in [2.24, 2.45) is 0 Å². The summed E-state index contributed by atoms with van der Waals surface area (Å²) in [5.41, 5.74) is 0.876. The zero-order chi connectivity index (χ0) is 14.2. The van der Waals surface area contributed by atoms with Crippen LogP contribution in [0.15, 0.2) is 30.3 Å². The second-order valence-electron chi connectivity index (χ2n) is 5.43. The fraction of sp³-hybridized carbons (Fsp3) is 0.562. The number of para-hydroxylation sites is 1. The summed E-state index contributed by atoms with van der Waals surface area (Å²) in [6, 6.07) is 10.2. The van der Waals surface area contributed by atoms with Gasteiger partial charge in [0.25, 0.3) is 0 Å². The highest BCUT2D eigenvalue weighted by atomic mass is 16.2. The molecule has 1 unspecified atom stereocenters. The normalized spacial score (nSPS) is 19.8. The van der Waals surface area contributed by atoms with Crippen molar-refractivity contribution < 1.29 is 4.79 Å². The number of piperidine rings is 1. The molecule has 0 bridgehead atoms. The van der Waals surface area contributed by atoms with Crippen molar-refractivity contribution >= 4 is 11.6 Å². The minimum absolute atomic E-state index is 0.0903. The van der Waals surface area contributed by atoms with Gasteiger partial charge in [-0.1, -0.05) is 24.6 Å². The molecule has 0 saturated carbocycles. The lowest BCUT2D eigenvalue weighted by molar-refractivity contribution is -0.118. The van der Waals surface area contributed by atoms with E-state index < -0.39 is 0 Å². The van der Waals surface area contributed by atoms with Gasteiger partial charge in [-0.25, -0.2) is 0 Å². The summed E-state index contributed by atoms with van der Waals surface area (Å²) in [6.45, 7) is 2.56. The van der Waals surface area contributed by atoms with Crippen LogP contribution in [0.1, 0.15) is 25.7 Å². The molecule has 0 spiro atoms. The summed E-state index contributed by atoms with van der Waals surface area (Å²) >= 11 is 0. The average Bonchev–Trinajstić information content (AvgIpc) is 2.47. The molecule has 1 saturated heterocycles. The van der Waals surface area contributed by atoms with Gasteiger partial charge in [-0.15, -0.1) is 0 Å². The van der Waals surface area contributed by atoms with Gasteiger partial charge in [0.1, 0.15) is 0 Å². The molecule has 2 rings (SSSR count). The Hall–Kier alpha value is -1.39. The fourth-order valence-corrected chi connectivity index (χ4v) is 2.81. The highest BCUT2D eigenvalue weighted by Crippen LogP contribution is 2.19. The van der Waals surface area contributed by atoms with Crippen LogP contribution in [0.2, 0.25) is 0 Å². The molecule has 0 aliphatic carbocycles. The smallest absolute Gasteiger partial charge is 0.238 e. The lowest BCUT2D eigenvalue weighted by Gasteiger charge is -2.35. The quantitative estimate of drug-likeness (QED) is 0.835. The maximum atomic E-state index is 12.1. The van der Waals surface area contributed by atoms with Crippen molar-refractivity contribution in [3.63, 3.8) is 0 Å². The van der Waals surface area contributed by atoms with E-state index in [9.17, 15) is 4.79 Å². The van der Waals surface area contributed by atoms with Crippen molar-refractivity contribution in [3.8, 4) is 0 Å². The molecule has 1 atom stereocenters. The second-order valence-corrected chi connectivity index (χ2v) is 5.43. The van der Waals surface area contributed by atoms with Crippen LogP contribution < -0.4 is 10.6 Å². The van der Waals surface area contributed by atoms with Gasteiger partial charge < -0.3 is 10.6 Å². The molecule has 1 aliphatic heterocycles. The SMILES string of the molecule is CNCCC1CCCCN1CC(=O)Nc1ccccc1. The highest BCUT2D eigenvalue weighted by molar-refractivity contribution is 5.92. The van der Waals surface area contributed by atoms with Gasteiger partial charge in [-0.2, -0.15) is 0 Å². The maximum Gasteiger partial charge on any atom is 0.238 e. The molecule has 1 aromatic carbocycles. The molecule has 0 aromatic heterocycles. The summed E-state index contributed by atoms with van der Waals surface area (Å²) in [6.07, 6.45) is 4.81. The molecular formula is C16H25N3O. The zero-order valence-electron chi connectivity index (χ0n) is 12.3.